The molecule has 2 rings (SSSR count). The second-order valence-corrected chi connectivity index (χ2v) is 5.67. The lowest BCUT2D eigenvalue weighted by Gasteiger charge is -2.13. The van der Waals surface area contributed by atoms with E-state index in [0.717, 1.165) is 18.6 Å². The molecule has 5 nitrogen and oxygen atoms in total. The highest BCUT2D eigenvalue weighted by Gasteiger charge is 2.30. The molecular weight excluding hydrogens is 333 g/mol. The highest BCUT2D eigenvalue weighted by Crippen LogP contribution is 2.31. The molecule has 25 heavy (non-hydrogen) atoms. The first-order valence-corrected chi connectivity index (χ1v) is 7.80. The zero-order chi connectivity index (χ0) is 18.6. The number of alkyl halides is 3. The molecule has 0 aliphatic carbocycles. The molecule has 0 saturated heterocycles. The first-order valence-electron chi connectivity index (χ1n) is 7.80. The minimum Gasteiger partial charge on any atom is -0.348 e. The third kappa shape index (κ3) is 5.17. The van der Waals surface area contributed by atoms with Crippen LogP contribution in [0.2, 0.25) is 0 Å². The molecule has 0 spiro atoms. The van der Waals surface area contributed by atoms with Gasteiger partial charge >= 0.3 is 6.18 Å². The van der Waals surface area contributed by atoms with Gasteiger partial charge in [0.2, 0.25) is 0 Å². The topological polar surface area (TPSA) is 66.9 Å². The van der Waals surface area contributed by atoms with Crippen molar-refractivity contribution < 1.29 is 18.0 Å². The van der Waals surface area contributed by atoms with E-state index in [0.29, 0.717) is 5.82 Å². The van der Waals surface area contributed by atoms with E-state index in [2.05, 4.69) is 20.6 Å². The fourth-order valence-corrected chi connectivity index (χ4v) is 2.07. The predicted octanol–water partition coefficient (Wildman–Crippen LogP) is 4.08. The van der Waals surface area contributed by atoms with Crippen LogP contribution in [-0.2, 0) is 6.18 Å². The maximum Gasteiger partial charge on any atom is 0.416 e. The molecule has 1 aromatic heterocycles. The van der Waals surface area contributed by atoms with Crippen LogP contribution in [0.15, 0.2) is 30.3 Å². The maximum atomic E-state index is 12.8. The first kappa shape index (κ1) is 18.7. The zero-order valence-corrected chi connectivity index (χ0v) is 14.1. The van der Waals surface area contributed by atoms with Crippen molar-refractivity contribution in [3.8, 4) is 0 Å². The molecule has 1 amide bonds. The van der Waals surface area contributed by atoms with Crippen LogP contribution in [0.4, 0.5) is 24.7 Å². The number of nitrogens with one attached hydrogen (secondary N) is 2. The molecule has 2 N–H and O–H groups in total. The molecule has 8 heteroatoms. The smallest absolute Gasteiger partial charge is 0.348 e. The van der Waals surface area contributed by atoms with Gasteiger partial charge in [-0.15, -0.1) is 0 Å². The number of aromatic nitrogens is 2. The second kappa shape index (κ2) is 7.50. The number of nitrogens with zero attached hydrogens (tertiary/aromatic N) is 2. The van der Waals surface area contributed by atoms with Crippen LogP contribution >= 0.6 is 0 Å². The second-order valence-electron chi connectivity index (χ2n) is 5.67. The van der Waals surface area contributed by atoms with E-state index in [1.165, 1.54) is 18.2 Å². The van der Waals surface area contributed by atoms with Gasteiger partial charge in [0.05, 0.1) is 5.56 Å². The number of carbonyl (C=O) groups is 1. The van der Waals surface area contributed by atoms with Crippen LogP contribution in [0, 0.1) is 6.92 Å². The molecule has 0 fully saturated rings. The summed E-state index contributed by atoms with van der Waals surface area (Å²) in [6.45, 7) is 5.42. The monoisotopic (exact) mass is 352 g/mol. The van der Waals surface area contributed by atoms with Gasteiger partial charge in [0.15, 0.2) is 0 Å². The normalized spacial score (nSPS) is 12.6. The summed E-state index contributed by atoms with van der Waals surface area (Å²) in [7, 11) is 0. The van der Waals surface area contributed by atoms with Crippen LogP contribution in [0.1, 0.15) is 42.1 Å². The molecular formula is C17H19F3N4O. The van der Waals surface area contributed by atoms with E-state index in [9.17, 15) is 18.0 Å². The highest BCUT2D eigenvalue weighted by atomic mass is 19.4. The minimum atomic E-state index is -4.43. The number of anilines is 2. The Kier molecular flexibility index (Phi) is 5.61. The highest BCUT2D eigenvalue weighted by molar-refractivity contribution is 5.93. The lowest BCUT2D eigenvalue weighted by molar-refractivity contribution is -0.137. The van der Waals surface area contributed by atoms with E-state index in [4.69, 9.17) is 0 Å². The third-order valence-electron chi connectivity index (χ3n) is 3.52. The molecule has 134 valence electrons. The summed E-state index contributed by atoms with van der Waals surface area (Å²) in [6.07, 6.45) is -3.66. The van der Waals surface area contributed by atoms with Gasteiger partial charge in [-0.2, -0.15) is 13.2 Å². The molecule has 1 atom stereocenters. The van der Waals surface area contributed by atoms with Gasteiger partial charge < -0.3 is 10.6 Å². The maximum absolute atomic E-state index is 12.8. The largest absolute Gasteiger partial charge is 0.416 e. The van der Waals surface area contributed by atoms with Crippen LogP contribution in [0.3, 0.4) is 0 Å². The summed E-state index contributed by atoms with van der Waals surface area (Å²) in [4.78, 5) is 20.4. The van der Waals surface area contributed by atoms with Gasteiger partial charge in [0.25, 0.3) is 5.91 Å². The summed E-state index contributed by atoms with van der Waals surface area (Å²) in [5.74, 6) is 0.236. The molecule has 1 aromatic carbocycles. The van der Waals surface area contributed by atoms with Gasteiger partial charge in [-0.05, 0) is 38.5 Å². The summed E-state index contributed by atoms with van der Waals surface area (Å²) in [6, 6.07) is 6.16. The molecule has 1 heterocycles. The van der Waals surface area contributed by atoms with Crippen LogP contribution in [0.25, 0.3) is 0 Å². The Hall–Kier alpha value is -2.64. The SMILES string of the molecule is CCC(C)NC(=O)c1cc(Nc2cccc(C(F)(F)F)c2)nc(C)n1. The Morgan fingerprint density at radius 2 is 1.96 bits per heavy atom. The Morgan fingerprint density at radius 1 is 1.24 bits per heavy atom. The van der Waals surface area contributed by atoms with Crippen molar-refractivity contribution in [3.63, 3.8) is 0 Å². The number of hydrogen-bond donors (Lipinski definition) is 2. The van der Waals surface area contributed by atoms with E-state index in [1.807, 2.05) is 13.8 Å². The fraction of sp³-hybridized carbons (Fsp3) is 0.353. The molecule has 0 bridgehead atoms. The van der Waals surface area contributed by atoms with Crippen molar-refractivity contribution in [3.05, 3.63) is 47.4 Å². The van der Waals surface area contributed by atoms with Gasteiger partial charge in [-0.1, -0.05) is 13.0 Å². The van der Waals surface area contributed by atoms with Crippen molar-refractivity contribution >= 4 is 17.4 Å². The first-order chi connectivity index (χ1) is 11.7. The van der Waals surface area contributed by atoms with E-state index < -0.39 is 11.7 Å². The zero-order valence-electron chi connectivity index (χ0n) is 14.1. The third-order valence-corrected chi connectivity index (χ3v) is 3.52. The van der Waals surface area contributed by atoms with Gasteiger partial charge in [-0.25, -0.2) is 9.97 Å². The van der Waals surface area contributed by atoms with Gasteiger partial charge in [0.1, 0.15) is 17.3 Å². The Morgan fingerprint density at radius 3 is 2.60 bits per heavy atom. The van der Waals surface area contributed by atoms with Crippen LogP contribution in [0.5, 0.6) is 0 Å². The summed E-state index contributed by atoms with van der Waals surface area (Å²) < 4.78 is 38.4. The number of hydrogen-bond acceptors (Lipinski definition) is 4. The molecule has 0 aliphatic rings. The Bertz CT molecular complexity index is 762. The predicted molar refractivity (Wildman–Crippen MR) is 88.7 cm³/mol. The molecule has 1 unspecified atom stereocenters. The average Bonchev–Trinajstić information content (AvgIpc) is 2.53. The number of rotatable bonds is 5. The van der Waals surface area contributed by atoms with Crippen molar-refractivity contribution in [2.24, 2.45) is 0 Å². The number of benzene rings is 1. The van der Waals surface area contributed by atoms with E-state index >= 15 is 0 Å². The number of carbonyl (C=O) groups excluding carboxylic acids is 1. The van der Waals surface area contributed by atoms with Gasteiger partial charge in [0, 0.05) is 17.8 Å². The fourth-order valence-electron chi connectivity index (χ4n) is 2.07. The lowest BCUT2D eigenvalue weighted by Crippen LogP contribution is -2.32. The summed E-state index contributed by atoms with van der Waals surface area (Å²) in [5, 5.41) is 5.58. The van der Waals surface area contributed by atoms with Crippen LogP contribution in [-0.4, -0.2) is 21.9 Å². The Balaban J connectivity index is 2.25. The molecule has 2 aromatic rings. The Labute approximate surface area is 143 Å². The minimum absolute atomic E-state index is 0.0114. The average molecular weight is 352 g/mol. The van der Waals surface area contributed by atoms with Crippen molar-refractivity contribution in [2.45, 2.75) is 39.4 Å². The van der Waals surface area contributed by atoms with Gasteiger partial charge in [-0.3, -0.25) is 4.79 Å². The van der Waals surface area contributed by atoms with E-state index in [1.54, 1.807) is 6.92 Å². The van der Waals surface area contributed by atoms with Crippen LogP contribution < -0.4 is 10.6 Å². The van der Waals surface area contributed by atoms with E-state index in [-0.39, 0.29) is 29.1 Å². The molecule has 0 saturated carbocycles. The summed E-state index contributed by atoms with van der Waals surface area (Å²) >= 11 is 0. The summed E-state index contributed by atoms with van der Waals surface area (Å²) in [5.41, 5.74) is -0.387. The quantitative estimate of drug-likeness (QED) is 0.851. The number of amides is 1. The number of aryl methyl sites for hydroxylation is 1. The number of halogens is 3. The molecule has 0 aliphatic heterocycles. The lowest BCUT2D eigenvalue weighted by atomic mass is 10.2. The van der Waals surface area contributed by atoms with Crippen molar-refractivity contribution in [2.75, 3.05) is 5.32 Å². The van der Waals surface area contributed by atoms with Crippen molar-refractivity contribution in [1.82, 2.24) is 15.3 Å². The molecule has 0 radical (unpaired) electrons. The standard InChI is InChI=1S/C17H19F3N4O/c1-4-10(2)21-16(25)14-9-15(23-11(3)22-14)24-13-7-5-6-12(8-13)17(18,19)20/h5-10H,4H2,1-3H3,(H,21,25)(H,22,23,24). The van der Waals surface area contributed by atoms with Crippen molar-refractivity contribution in [1.29, 1.82) is 0 Å².